The molecule has 0 radical (unpaired) electrons. The van der Waals surface area contributed by atoms with Crippen molar-refractivity contribution in [3.63, 3.8) is 0 Å². The Kier molecular flexibility index (Phi) is 6.36. The van der Waals surface area contributed by atoms with Crippen molar-refractivity contribution in [1.29, 1.82) is 0 Å². The fourth-order valence-corrected chi connectivity index (χ4v) is 7.47. The second-order valence-electron chi connectivity index (χ2n) is 11.7. The van der Waals surface area contributed by atoms with Crippen LogP contribution >= 0.6 is 0 Å². The summed E-state index contributed by atoms with van der Waals surface area (Å²) >= 11 is 0. The number of anilines is 1. The summed E-state index contributed by atoms with van der Waals surface area (Å²) in [5.74, 6) is 0.249. The summed E-state index contributed by atoms with van der Waals surface area (Å²) in [6, 6.07) is 9.21. The number of piperidine rings is 1. The van der Waals surface area contributed by atoms with Gasteiger partial charge < -0.3 is 24.8 Å². The number of benzene rings is 2. The Morgan fingerprint density at radius 1 is 1.13 bits per heavy atom. The Bertz CT molecular complexity index is 1290. The number of aliphatic hydroxyl groups is 2. The van der Waals surface area contributed by atoms with Gasteiger partial charge in [-0.2, -0.15) is 0 Å². The molecule has 2 aromatic carbocycles. The summed E-state index contributed by atoms with van der Waals surface area (Å²) in [6.07, 6.45) is 3.15. The van der Waals surface area contributed by atoms with Gasteiger partial charge in [-0.25, -0.2) is 9.59 Å². The molecule has 5 unspecified atom stereocenters. The molecule has 6 rings (SSSR count). The molecular weight excluding hydrogens is 500 g/mol. The highest BCUT2D eigenvalue weighted by Gasteiger charge is 2.70. The molecule has 39 heavy (non-hydrogen) atoms. The van der Waals surface area contributed by atoms with Gasteiger partial charge in [0.1, 0.15) is 6.10 Å². The summed E-state index contributed by atoms with van der Waals surface area (Å²) in [4.78, 5) is 26.3. The molecule has 2 aliphatic carbocycles. The van der Waals surface area contributed by atoms with Crippen molar-refractivity contribution in [2.24, 2.45) is 5.92 Å². The molecule has 4 N–H and O–H groups in total. The molecule has 208 valence electrons. The van der Waals surface area contributed by atoms with E-state index in [0.29, 0.717) is 36.6 Å². The van der Waals surface area contributed by atoms with Gasteiger partial charge >= 0.3 is 12.1 Å². The van der Waals surface area contributed by atoms with Gasteiger partial charge in [-0.1, -0.05) is 12.5 Å². The SMILES string of the molecule is Cc1ccc(OC(=O)Nc2ccc(C(=O)O)cc2)c2c1C13CCN(CC4CCC4)C(C)C1(O)CCC(O)C3O2. The number of hydrogen-bond donors (Lipinski definition) is 4. The Hall–Kier alpha value is -3.14. The van der Waals surface area contributed by atoms with Gasteiger partial charge in [0.2, 0.25) is 0 Å². The maximum atomic E-state index is 12.8. The van der Waals surface area contributed by atoms with Crippen LogP contribution < -0.4 is 14.8 Å². The Morgan fingerprint density at radius 2 is 1.87 bits per heavy atom. The minimum Gasteiger partial charge on any atom is -0.482 e. The lowest BCUT2D eigenvalue weighted by molar-refractivity contribution is -0.201. The zero-order valence-corrected chi connectivity index (χ0v) is 22.4. The van der Waals surface area contributed by atoms with Gasteiger partial charge in [0.25, 0.3) is 0 Å². The summed E-state index contributed by atoms with van der Waals surface area (Å²) in [6.45, 7) is 5.85. The molecule has 2 aromatic rings. The van der Waals surface area contributed by atoms with Crippen LogP contribution in [0.1, 0.15) is 66.9 Å². The number of nitrogens with zero attached hydrogens (tertiary/aromatic N) is 1. The number of hydrogen-bond acceptors (Lipinski definition) is 7. The molecule has 5 atom stereocenters. The monoisotopic (exact) mass is 536 g/mol. The highest BCUT2D eigenvalue weighted by atomic mass is 16.6. The first-order chi connectivity index (χ1) is 18.6. The zero-order valence-electron chi connectivity index (χ0n) is 22.4. The van der Waals surface area contributed by atoms with Gasteiger partial charge in [-0.15, -0.1) is 0 Å². The smallest absolute Gasteiger partial charge is 0.417 e. The largest absolute Gasteiger partial charge is 0.482 e. The van der Waals surface area contributed by atoms with Crippen LogP contribution in [-0.4, -0.2) is 69.2 Å². The molecule has 1 spiro atoms. The maximum Gasteiger partial charge on any atom is 0.417 e. The van der Waals surface area contributed by atoms with E-state index in [1.54, 1.807) is 6.07 Å². The van der Waals surface area contributed by atoms with E-state index < -0.39 is 35.3 Å². The predicted molar refractivity (Wildman–Crippen MR) is 144 cm³/mol. The number of amides is 1. The molecule has 2 saturated carbocycles. The van der Waals surface area contributed by atoms with Crippen LogP contribution in [0.25, 0.3) is 0 Å². The lowest BCUT2D eigenvalue weighted by atomic mass is 9.52. The molecule has 2 aliphatic heterocycles. The highest BCUT2D eigenvalue weighted by molar-refractivity contribution is 5.90. The molecule has 1 saturated heterocycles. The van der Waals surface area contributed by atoms with Crippen molar-refractivity contribution in [3.8, 4) is 11.5 Å². The maximum absolute atomic E-state index is 12.8. The fraction of sp³-hybridized carbons (Fsp3) is 0.533. The number of carbonyl (C=O) groups excluding carboxylic acids is 1. The topological polar surface area (TPSA) is 129 Å². The highest BCUT2D eigenvalue weighted by Crippen LogP contribution is 2.62. The van der Waals surface area contributed by atoms with E-state index in [1.807, 2.05) is 13.0 Å². The first-order valence-electron chi connectivity index (χ1n) is 13.9. The zero-order chi connectivity index (χ0) is 27.5. The standard InChI is InChI=1S/C30H36N2O7/c1-17-6-11-23(38-28(36)31-21-9-7-20(8-10-21)27(34)35)25-24(17)29-14-15-32(16-19-4-3-5-19)18(2)30(29,37)13-12-22(33)26(29)39-25/h6-11,18-19,22,26,33,37H,3-5,12-16H2,1-2H3,(H,31,36)(H,34,35). The second-order valence-corrected chi connectivity index (χ2v) is 11.7. The van der Waals surface area contributed by atoms with E-state index in [2.05, 4.69) is 17.1 Å². The molecular formula is C30H36N2O7. The summed E-state index contributed by atoms with van der Waals surface area (Å²) in [5.41, 5.74) is 0.319. The molecule has 0 bridgehead atoms. The number of likely N-dealkylation sites (tertiary alicyclic amines) is 1. The Labute approximate surface area is 227 Å². The minimum absolute atomic E-state index is 0.111. The van der Waals surface area contributed by atoms with E-state index >= 15 is 0 Å². The van der Waals surface area contributed by atoms with E-state index in [0.717, 1.165) is 24.2 Å². The normalized spacial score (nSPS) is 31.7. The van der Waals surface area contributed by atoms with Crippen LogP contribution in [0.15, 0.2) is 36.4 Å². The van der Waals surface area contributed by atoms with Crippen molar-refractivity contribution < 1.29 is 34.4 Å². The van der Waals surface area contributed by atoms with Crippen LogP contribution in [0.2, 0.25) is 0 Å². The number of nitrogens with one attached hydrogen (secondary N) is 1. The van der Waals surface area contributed by atoms with E-state index in [-0.39, 0.29) is 17.4 Å². The second kappa shape index (κ2) is 9.50. The number of ether oxygens (including phenoxy) is 2. The summed E-state index contributed by atoms with van der Waals surface area (Å²) in [5, 5.41) is 35.4. The third-order valence-electron chi connectivity index (χ3n) is 9.78. The van der Waals surface area contributed by atoms with Crippen molar-refractivity contribution in [2.45, 2.75) is 81.6 Å². The first kappa shape index (κ1) is 26.1. The molecule has 9 nitrogen and oxygen atoms in total. The van der Waals surface area contributed by atoms with E-state index in [1.165, 1.54) is 43.5 Å². The Balaban J connectivity index is 1.31. The van der Waals surface area contributed by atoms with E-state index in [4.69, 9.17) is 14.6 Å². The van der Waals surface area contributed by atoms with Crippen LogP contribution in [-0.2, 0) is 5.41 Å². The van der Waals surface area contributed by atoms with Gasteiger partial charge in [0.15, 0.2) is 11.5 Å². The lowest BCUT2D eigenvalue weighted by Gasteiger charge is -2.61. The number of carboxylic acids is 1. The number of fused-ring (bicyclic) bond motifs is 1. The van der Waals surface area contributed by atoms with Gasteiger partial charge in [-0.3, -0.25) is 10.2 Å². The number of aromatic carboxylic acids is 1. The first-order valence-corrected chi connectivity index (χ1v) is 13.9. The molecule has 0 aromatic heterocycles. The fourth-order valence-electron chi connectivity index (χ4n) is 7.47. The third-order valence-corrected chi connectivity index (χ3v) is 9.78. The lowest BCUT2D eigenvalue weighted by Crippen LogP contribution is -2.74. The van der Waals surface area contributed by atoms with Gasteiger partial charge in [-0.05, 0) is 94.3 Å². The van der Waals surface area contributed by atoms with Crippen LogP contribution in [0, 0.1) is 12.8 Å². The summed E-state index contributed by atoms with van der Waals surface area (Å²) < 4.78 is 12.2. The predicted octanol–water partition coefficient (Wildman–Crippen LogP) is 4.08. The van der Waals surface area contributed by atoms with Crippen LogP contribution in [0.3, 0.4) is 0 Å². The van der Waals surface area contributed by atoms with Gasteiger partial charge in [0, 0.05) is 23.8 Å². The van der Waals surface area contributed by atoms with Crippen molar-refractivity contribution in [3.05, 3.63) is 53.1 Å². The third kappa shape index (κ3) is 4.01. The van der Waals surface area contributed by atoms with Crippen LogP contribution in [0.5, 0.6) is 11.5 Å². The molecule has 1 amide bonds. The number of aliphatic hydroxyl groups excluding tert-OH is 1. The average Bonchev–Trinajstić information content (AvgIpc) is 3.25. The van der Waals surface area contributed by atoms with E-state index in [9.17, 15) is 19.8 Å². The van der Waals surface area contributed by atoms with Crippen LogP contribution in [0.4, 0.5) is 10.5 Å². The average molecular weight is 537 g/mol. The van der Waals surface area contributed by atoms with Crippen molar-refractivity contribution >= 4 is 17.7 Å². The number of carboxylic acid groups (broad SMARTS) is 1. The number of rotatable bonds is 5. The van der Waals surface area contributed by atoms with Gasteiger partial charge in [0.05, 0.1) is 22.7 Å². The molecule has 3 fully saturated rings. The summed E-state index contributed by atoms with van der Waals surface area (Å²) in [7, 11) is 0. The minimum atomic E-state index is -1.11. The quantitative estimate of drug-likeness (QED) is 0.450. The van der Waals surface area contributed by atoms with Crippen molar-refractivity contribution in [2.75, 3.05) is 18.4 Å². The van der Waals surface area contributed by atoms with Crippen molar-refractivity contribution in [1.82, 2.24) is 4.90 Å². The molecule has 2 heterocycles. The number of carbonyl (C=O) groups is 2. The molecule has 9 heteroatoms. The Morgan fingerprint density at radius 3 is 2.54 bits per heavy atom. The molecule has 4 aliphatic rings. The number of aryl methyl sites for hydroxylation is 1.